The number of benzene rings is 1. The molecule has 1 heterocycles. The quantitative estimate of drug-likeness (QED) is 0.790. The second-order valence-electron chi connectivity index (χ2n) is 4.60. The lowest BCUT2D eigenvalue weighted by Gasteiger charge is -2.05. The maximum Gasteiger partial charge on any atom is 0.313 e. The highest BCUT2D eigenvalue weighted by Crippen LogP contribution is 2.20. The minimum Gasteiger partial charge on any atom is -0.497 e. The minimum atomic E-state index is -0.929. The van der Waals surface area contributed by atoms with Crippen LogP contribution in [-0.4, -0.2) is 45.1 Å². The molecule has 0 bridgehead atoms. The predicted molar refractivity (Wildman–Crippen MR) is 84.1 cm³/mol. The molecule has 1 amide bonds. The Bertz CT molecular complexity index is 699. The Kier molecular flexibility index (Phi) is 5.26. The number of aryl methyl sites for hydroxylation is 1. The number of hydrogen-bond acceptors (Lipinski definition) is 5. The van der Waals surface area contributed by atoms with Crippen molar-refractivity contribution in [3.8, 4) is 5.75 Å². The molecule has 7 nitrogen and oxygen atoms in total. The zero-order valence-electron chi connectivity index (χ0n) is 12.3. The first-order valence-electron chi connectivity index (χ1n) is 6.57. The number of imidazole rings is 1. The van der Waals surface area contributed by atoms with Crippen LogP contribution in [0.2, 0.25) is 0 Å². The van der Waals surface area contributed by atoms with Gasteiger partial charge in [-0.25, -0.2) is 4.98 Å². The third kappa shape index (κ3) is 3.91. The van der Waals surface area contributed by atoms with E-state index < -0.39 is 5.97 Å². The molecule has 2 rings (SSSR count). The molecule has 2 N–H and O–H groups in total. The lowest BCUT2D eigenvalue weighted by Crippen LogP contribution is -2.26. The third-order valence-corrected chi connectivity index (χ3v) is 4.00. The number of nitrogens with zero attached hydrogens (tertiary/aromatic N) is 2. The van der Waals surface area contributed by atoms with E-state index in [2.05, 4.69) is 10.3 Å². The van der Waals surface area contributed by atoms with Crippen LogP contribution in [0.3, 0.4) is 0 Å². The third-order valence-electron chi connectivity index (χ3n) is 3.08. The molecule has 0 aliphatic carbocycles. The fourth-order valence-corrected chi connectivity index (χ4v) is 2.54. The molecule has 1 aromatic heterocycles. The number of carboxylic acids is 1. The Balaban J connectivity index is 1.98. The Labute approximate surface area is 131 Å². The van der Waals surface area contributed by atoms with Crippen LogP contribution < -0.4 is 10.1 Å². The summed E-state index contributed by atoms with van der Waals surface area (Å²) in [4.78, 5) is 26.5. The molecule has 2 aromatic rings. The van der Waals surface area contributed by atoms with Crippen molar-refractivity contribution in [3.63, 3.8) is 0 Å². The van der Waals surface area contributed by atoms with Crippen molar-refractivity contribution in [2.45, 2.75) is 6.54 Å². The number of methoxy groups -OCH3 is 1. The molecule has 0 aliphatic heterocycles. The summed E-state index contributed by atoms with van der Waals surface area (Å²) < 4.78 is 7.07. The van der Waals surface area contributed by atoms with E-state index in [1.165, 1.54) is 0 Å². The molecule has 0 atom stereocenters. The highest BCUT2D eigenvalue weighted by Gasteiger charge is 2.10. The molecule has 22 heavy (non-hydrogen) atoms. The van der Waals surface area contributed by atoms with Gasteiger partial charge in [0.05, 0.1) is 36.2 Å². The number of carboxylic acid groups (broad SMARTS) is 1. The first-order valence-corrected chi connectivity index (χ1v) is 7.72. The molecule has 0 radical (unpaired) electrons. The summed E-state index contributed by atoms with van der Waals surface area (Å²) in [5, 5.41) is 11.3. The van der Waals surface area contributed by atoms with Crippen molar-refractivity contribution in [1.29, 1.82) is 0 Å². The van der Waals surface area contributed by atoms with E-state index in [4.69, 9.17) is 9.84 Å². The Hall–Kier alpha value is -2.22. The number of nitrogens with one attached hydrogen (secondary N) is 1. The lowest BCUT2D eigenvalue weighted by atomic mass is 10.3. The molecule has 0 fully saturated rings. The Morgan fingerprint density at radius 2 is 2.18 bits per heavy atom. The SMILES string of the molecule is COc1ccc2c(c1)nc(CNC(=O)CSCC(=O)O)n2C. The number of aliphatic carboxylic acids is 1. The number of carbonyl (C=O) groups is 2. The van der Waals surface area contributed by atoms with Crippen LogP contribution >= 0.6 is 11.8 Å². The molecule has 0 saturated heterocycles. The van der Waals surface area contributed by atoms with Gasteiger partial charge >= 0.3 is 5.97 Å². The van der Waals surface area contributed by atoms with E-state index in [0.717, 1.165) is 34.4 Å². The number of amides is 1. The van der Waals surface area contributed by atoms with E-state index in [1.807, 2.05) is 29.8 Å². The van der Waals surface area contributed by atoms with Crippen LogP contribution in [0.1, 0.15) is 5.82 Å². The first-order chi connectivity index (χ1) is 10.5. The van der Waals surface area contributed by atoms with Crippen LogP contribution in [0.5, 0.6) is 5.75 Å². The highest BCUT2D eigenvalue weighted by atomic mass is 32.2. The zero-order chi connectivity index (χ0) is 16.1. The van der Waals surface area contributed by atoms with E-state index in [0.29, 0.717) is 6.54 Å². The maximum absolute atomic E-state index is 11.6. The van der Waals surface area contributed by atoms with Gasteiger partial charge in [-0.1, -0.05) is 0 Å². The number of carbonyl (C=O) groups excluding carboxylic acids is 1. The van der Waals surface area contributed by atoms with Crippen molar-refractivity contribution < 1.29 is 19.4 Å². The van der Waals surface area contributed by atoms with Gasteiger partial charge in [0.2, 0.25) is 5.91 Å². The lowest BCUT2D eigenvalue weighted by molar-refractivity contribution is -0.133. The van der Waals surface area contributed by atoms with Crippen LogP contribution in [0.25, 0.3) is 11.0 Å². The van der Waals surface area contributed by atoms with Gasteiger partial charge < -0.3 is 19.7 Å². The molecule has 0 spiro atoms. The van der Waals surface area contributed by atoms with Crippen LogP contribution in [-0.2, 0) is 23.2 Å². The summed E-state index contributed by atoms with van der Waals surface area (Å²) in [7, 11) is 3.47. The standard InChI is InChI=1S/C14H17N3O4S/c1-17-11-4-3-9(21-2)5-10(11)16-12(17)6-15-13(18)7-22-8-14(19)20/h3-5H,6-8H2,1-2H3,(H,15,18)(H,19,20). The molecule has 0 saturated carbocycles. The van der Waals surface area contributed by atoms with Gasteiger partial charge in [-0.2, -0.15) is 0 Å². The smallest absolute Gasteiger partial charge is 0.313 e. The van der Waals surface area contributed by atoms with E-state index >= 15 is 0 Å². The fourth-order valence-electron chi connectivity index (χ4n) is 1.97. The first kappa shape index (κ1) is 16.2. The second-order valence-corrected chi connectivity index (χ2v) is 5.59. The number of ether oxygens (including phenoxy) is 1. The average Bonchev–Trinajstić information content (AvgIpc) is 2.80. The molecule has 8 heteroatoms. The monoisotopic (exact) mass is 323 g/mol. The van der Waals surface area contributed by atoms with Crippen LogP contribution in [0.15, 0.2) is 18.2 Å². The van der Waals surface area contributed by atoms with Gasteiger partial charge in [0.1, 0.15) is 11.6 Å². The van der Waals surface area contributed by atoms with Gasteiger partial charge in [-0.15, -0.1) is 11.8 Å². The minimum absolute atomic E-state index is 0.0838. The largest absolute Gasteiger partial charge is 0.497 e. The molecular formula is C14H17N3O4S. The summed E-state index contributed by atoms with van der Waals surface area (Å²) in [5.74, 6) is 0.341. The predicted octanol–water partition coefficient (Wildman–Crippen LogP) is 1.02. The Morgan fingerprint density at radius 1 is 1.41 bits per heavy atom. The average molecular weight is 323 g/mol. The van der Waals surface area contributed by atoms with Gasteiger partial charge in [0, 0.05) is 13.1 Å². The number of thioether (sulfide) groups is 1. The van der Waals surface area contributed by atoms with E-state index in [1.54, 1.807) is 7.11 Å². The van der Waals surface area contributed by atoms with Crippen LogP contribution in [0.4, 0.5) is 0 Å². The van der Waals surface area contributed by atoms with E-state index in [9.17, 15) is 9.59 Å². The summed E-state index contributed by atoms with van der Waals surface area (Å²) in [6.07, 6.45) is 0. The van der Waals surface area contributed by atoms with Crippen LogP contribution in [0, 0.1) is 0 Å². The van der Waals surface area contributed by atoms with Crippen molar-refractivity contribution in [3.05, 3.63) is 24.0 Å². The van der Waals surface area contributed by atoms with Crippen molar-refractivity contribution in [2.24, 2.45) is 7.05 Å². The molecule has 0 aliphatic rings. The number of hydrogen-bond donors (Lipinski definition) is 2. The second kappa shape index (κ2) is 7.17. The maximum atomic E-state index is 11.6. The Morgan fingerprint density at radius 3 is 2.86 bits per heavy atom. The fraction of sp³-hybridized carbons (Fsp3) is 0.357. The van der Waals surface area contributed by atoms with Crippen molar-refractivity contribution >= 4 is 34.7 Å². The van der Waals surface area contributed by atoms with Gasteiger partial charge in [0.25, 0.3) is 0 Å². The molecular weight excluding hydrogens is 306 g/mol. The molecule has 0 unspecified atom stereocenters. The number of aromatic nitrogens is 2. The summed E-state index contributed by atoms with van der Waals surface area (Å²) in [6.45, 7) is 0.292. The molecule has 1 aromatic carbocycles. The number of fused-ring (bicyclic) bond motifs is 1. The van der Waals surface area contributed by atoms with Gasteiger partial charge in [-0.3, -0.25) is 9.59 Å². The molecule has 118 valence electrons. The normalized spacial score (nSPS) is 10.6. The van der Waals surface area contributed by atoms with Gasteiger partial charge in [-0.05, 0) is 12.1 Å². The van der Waals surface area contributed by atoms with Gasteiger partial charge in [0.15, 0.2) is 0 Å². The number of rotatable bonds is 7. The topological polar surface area (TPSA) is 93.4 Å². The van der Waals surface area contributed by atoms with E-state index in [-0.39, 0.29) is 17.4 Å². The summed E-state index contributed by atoms with van der Waals surface area (Å²) in [5.41, 5.74) is 1.75. The van der Waals surface area contributed by atoms with Crippen molar-refractivity contribution in [2.75, 3.05) is 18.6 Å². The summed E-state index contributed by atoms with van der Waals surface area (Å²) >= 11 is 1.06. The van der Waals surface area contributed by atoms with Crippen molar-refractivity contribution in [1.82, 2.24) is 14.9 Å². The summed E-state index contributed by atoms with van der Waals surface area (Å²) in [6, 6.07) is 5.60. The zero-order valence-corrected chi connectivity index (χ0v) is 13.1. The highest BCUT2D eigenvalue weighted by molar-refractivity contribution is 8.00.